The first-order valence-electron chi connectivity index (χ1n) is 9.28. The number of carboxylic acids is 1. The van der Waals surface area contributed by atoms with Crippen LogP contribution in [-0.4, -0.2) is 43.6 Å². The molecule has 2 atom stereocenters. The predicted molar refractivity (Wildman–Crippen MR) is 111 cm³/mol. The van der Waals surface area contributed by atoms with Crippen molar-refractivity contribution in [2.24, 2.45) is 0 Å². The predicted octanol–water partition coefficient (Wildman–Crippen LogP) is -0.518. The van der Waals surface area contributed by atoms with Crippen LogP contribution in [0.25, 0.3) is 22.5 Å². The molecule has 0 aliphatic rings. The Bertz CT molecular complexity index is 891. The van der Waals surface area contributed by atoms with Crippen LogP contribution in [0.1, 0.15) is 19.8 Å². The van der Waals surface area contributed by atoms with E-state index >= 15 is 0 Å². The quantitative estimate of drug-likeness (QED) is 0.309. The van der Waals surface area contributed by atoms with Crippen molar-refractivity contribution in [2.45, 2.75) is 36.6 Å². The van der Waals surface area contributed by atoms with Gasteiger partial charge in [-0.3, -0.25) is 0 Å². The number of thioether (sulfide) groups is 1. The van der Waals surface area contributed by atoms with E-state index in [-0.39, 0.29) is 41.7 Å². The van der Waals surface area contributed by atoms with Gasteiger partial charge in [0.05, 0.1) is 23.1 Å². The van der Waals surface area contributed by atoms with E-state index in [2.05, 4.69) is 4.98 Å². The molecule has 0 spiro atoms. The molecule has 6 nitrogen and oxygen atoms in total. The van der Waals surface area contributed by atoms with Crippen molar-refractivity contribution in [3.8, 4) is 22.5 Å². The minimum atomic E-state index is -1.52. The second kappa shape index (κ2) is 11.1. The molecule has 1 aromatic heterocycles. The zero-order chi connectivity index (χ0) is 20.9. The van der Waals surface area contributed by atoms with E-state index in [1.54, 1.807) is 0 Å². The van der Waals surface area contributed by atoms with E-state index in [1.807, 2.05) is 60.7 Å². The molecular formula is C22H23N2NaO4S. The Balaban J connectivity index is 0.00000320. The average molecular weight is 434 g/mol. The van der Waals surface area contributed by atoms with Gasteiger partial charge in [0, 0.05) is 35.7 Å². The van der Waals surface area contributed by atoms with E-state index in [9.17, 15) is 20.1 Å². The monoisotopic (exact) mass is 434 g/mol. The number of hydrogen-bond acceptors (Lipinski definition) is 6. The van der Waals surface area contributed by atoms with Crippen molar-refractivity contribution in [1.82, 2.24) is 9.97 Å². The van der Waals surface area contributed by atoms with Crippen molar-refractivity contribution in [1.29, 1.82) is 0 Å². The Kier molecular flexibility index (Phi) is 9.15. The fourth-order valence-electron chi connectivity index (χ4n) is 3.16. The van der Waals surface area contributed by atoms with E-state index < -0.39 is 24.1 Å². The number of carbonyl (C=O) groups is 1. The largest absolute Gasteiger partial charge is 1.00 e. The summed E-state index contributed by atoms with van der Waals surface area (Å²) < 4.78 is 0. The summed E-state index contributed by atoms with van der Waals surface area (Å²) >= 11 is 1.32. The smallest absolute Gasteiger partial charge is 0.550 e. The molecule has 0 aliphatic carbocycles. The number of carbonyl (C=O) groups excluding carboxylic acids is 1. The number of H-pyrrole nitrogens is 1. The molecule has 0 bridgehead atoms. The number of nitrogens with one attached hydrogen (secondary N) is 1. The normalized spacial score (nSPS) is 13.8. The Labute approximate surface area is 202 Å². The van der Waals surface area contributed by atoms with Gasteiger partial charge in [0.2, 0.25) is 0 Å². The van der Waals surface area contributed by atoms with Gasteiger partial charge in [0.25, 0.3) is 0 Å². The Hall–Kier alpha value is -1.61. The number of aromatic amines is 1. The van der Waals surface area contributed by atoms with E-state index in [0.29, 0.717) is 5.16 Å². The third kappa shape index (κ3) is 6.97. The van der Waals surface area contributed by atoms with Gasteiger partial charge in [0.1, 0.15) is 0 Å². The molecule has 2 unspecified atom stereocenters. The summed E-state index contributed by atoms with van der Waals surface area (Å²) in [6.07, 6.45) is -1.47. The number of nitrogens with zero attached hydrogens (tertiary/aromatic N) is 1. The minimum Gasteiger partial charge on any atom is -0.550 e. The van der Waals surface area contributed by atoms with E-state index in [0.717, 1.165) is 22.5 Å². The summed E-state index contributed by atoms with van der Waals surface area (Å²) in [5.41, 5.74) is 2.16. The van der Waals surface area contributed by atoms with Gasteiger partial charge in [-0.1, -0.05) is 72.4 Å². The second-order valence-electron chi connectivity index (χ2n) is 7.21. The van der Waals surface area contributed by atoms with E-state index in [4.69, 9.17) is 4.98 Å². The van der Waals surface area contributed by atoms with Gasteiger partial charge in [-0.05, 0) is 6.92 Å². The first-order chi connectivity index (χ1) is 13.8. The van der Waals surface area contributed by atoms with Crippen molar-refractivity contribution >= 4 is 17.7 Å². The molecule has 152 valence electrons. The summed E-state index contributed by atoms with van der Waals surface area (Å²) in [7, 11) is 0. The summed E-state index contributed by atoms with van der Waals surface area (Å²) in [5, 5.41) is 31.7. The van der Waals surface area contributed by atoms with Crippen LogP contribution >= 0.6 is 11.8 Å². The maximum absolute atomic E-state index is 10.7. The first-order valence-corrected chi connectivity index (χ1v) is 10.3. The van der Waals surface area contributed by atoms with Crippen LogP contribution in [0.5, 0.6) is 0 Å². The number of aliphatic hydroxyl groups is 2. The number of carboxylic acid groups (broad SMARTS) is 1. The Morgan fingerprint density at radius 2 is 1.70 bits per heavy atom. The standard InChI is InChI=1S/C22H24N2O4S.Na/c1-22(28,13-18(26)27)12-17(25)14-29-21-23-19(15-8-4-2-5-9-15)20(24-21)16-10-6-3-7-11-16;/h2-11,17,25,28H,12-14H2,1H3,(H,23,24)(H,26,27);/q;+1/p-1. The molecule has 3 aromatic rings. The molecule has 0 saturated heterocycles. The summed E-state index contributed by atoms with van der Waals surface area (Å²) in [6.45, 7) is 1.38. The molecule has 30 heavy (non-hydrogen) atoms. The van der Waals surface area contributed by atoms with Crippen molar-refractivity contribution in [3.63, 3.8) is 0 Å². The average Bonchev–Trinajstić information content (AvgIpc) is 3.11. The third-order valence-corrected chi connectivity index (χ3v) is 5.42. The van der Waals surface area contributed by atoms with Crippen LogP contribution in [0, 0.1) is 0 Å². The second-order valence-corrected chi connectivity index (χ2v) is 8.22. The first kappa shape index (κ1) is 24.7. The van der Waals surface area contributed by atoms with Gasteiger partial charge >= 0.3 is 29.6 Å². The molecule has 3 N–H and O–H groups in total. The fraction of sp³-hybridized carbons (Fsp3) is 0.273. The molecule has 0 saturated carbocycles. The molecule has 8 heteroatoms. The van der Waals surface area contributed by atoms with E-state index in [1.165, 1.54) is 18.7 Å². The van der Waals surface area contributed by atoms with Crippen LogP contribution in [0.3, 0.4) is 0 Å². The van der Waals surface area contributed by atoms with Gasteiger partial charge in [-0.15, -0.1) is 0 Å². The zero-order valence-corrected chi connectivity index (χ0v) is 19.9. The number of aromatic nitrogens is 2. The van der Waals surface area contributed by atoms with Crippen LogP contribution in [0.4, 0.5) is 0 Å². The van der Waals surface area contributed by atoms with Crippen LogP contribution in [0.15, 0.2) is 65.8 Å². The van der Waals surface area contributed by atoms with Gasteiger partial charge < -0.3 is 25.1 Å². The van der Waals surface area contributed by atoms with Crippen molar-refractivity contribution in [2.75, 3.05) is 5.75 Å². The topological polar surface area (TPSA) is 109 Å². The van der Waals surface area contributed by atoms with Crippen LogP contribution in [-0.2, 0) is 4.79 Å². The van der Waals surface area contributed by atoms with Gasteiger partial charge in [0.15, 0.2) is 5.16 Å². The zero-order valence-electron chi connectivity index (χ0n) is 17.0. The van der Waals surface area contributed by atoms with Gasteiger partial charge in [-0.25, -0.2) is 4.98 Å². The molecule has 0 radical (unpaired) electrons. The Morgan fingerprint density at radius 3 is 2.27 bits per heavy atom. The Morgan fingerprint density at radius 1 is 1.13 bits per heavy atom. The summed E-state index contributed by atoms with van der Waals surface area (Å²) in [4.78, 5) is 18.7. The molecule has 1 heterocycles. The number of aliphatic hydroxyl groups excluding tert-OH is 1. The third-order valence-electron chi connectivity index (χ3n) is 4.40. The summed E-state index contributed by atoms with van der Waals surface area (Å²) in [6, 6.07) is 19.7. The van der Waals surface area contributed by atoms with Crippen LogP contribution in [0.2, 0.25) is 0 Å². The number of rotatable bonds is 9. The molecule has 0 fully saturated rings. The molecular weight excluding hydrogens is 411 g/mol. The number of benzene rings is 2. The molecule has 0 amide bonds. The number of hydrogen-bond donors (Lipinski definition) is 3. The molecule has 2 aromatic carbocycles. The minimum absolute atomic E-state index is 0. The van der Waals surface area contributed by atoms with Crippen molar-refractivity contribution in [3.05, 3.63) is 60.7 Å². The van der Waals surface area contributed by atoms with Gasteiger partial charge in [-0.2, -0.15) is 0 Å². The van der Waals surface area contributed by atoms with Crippen molar-refractivity contribution < 1.29 is 49.7 Å². The number of aliphatic carboxylic acids is 1. The molecule has 3 rings (SSSR count). The fourth-order valence-corrected chi connectivity index (χ4v) is 3.96. The maximum atomic E-state index is 10.7. The number of imidazole rings is 1. The maximum Gasteiger partial charge on any atom is 1.00 e. The SMILES string of the molecule is CC(O)(CC(=O)[O-])CC(O)CSc1nc(-c2ccccc2)c(-c2ccccc2)[nH]1.[Na+]. The molecule has 0 aliphatic heterocycles. The summed E-state index contributed by atoms with van der Waals surface area (Å²) in [5.74, 6) is -1.08. The van der Waals surface area contributed by atoms with Crippen LogP contribution < -0.4 is 34.7 Å².